The van der Waals surface area contributed by atoms with Crippen LogP contribution in [0, 0.1) is 0 Å². The highest BCUT2D eigenvalue weighted by molar-refractivity contribution is 5.64. The standard InChI is InChI=1S/C19H27N3/c1-2-3-4-5-6-7-16-22(19-12-14-21-15-13-19)18-10-8-17(20)9-11-18/h8-15H,2-7,16,20H2,1H3. The highest BCUT2D eigenvalue weighted by atomic mass is 15.1. The Bertz CT molecular complexity index is 522. The number of nitrogens with zero attached hydrogens (tertiary/aromatic N) is 2. The van der Waals surface area contributed by atoms with Crippen LogP contribution in [0.3, 0.4) is 0 Å². The van der Waals surface area contributed by atoms with Gasteiger partial charge < -0.3 is 10.6 Å². The van der Waals surface area contributed by atoms with Gasteiger partial charge in [-0.1, -0.05) is 39.0 Å². The molecule has 2 N–H and O–H groups in total. The van der Waals surface area contributed by atoms with Gasteiger partial charge >= 0.3 is 0 Å². The lowest BCUT2D eigenvalue weighted by Crippen LogP contribution is -2.18. The van der Waals surface area contributed by atoms with Gasteiger partial charge in [0, 0.05) is 36.0 Å². The number of benzene rings is 1. The average Bonchev–Trinajstić information content (AvgIpc) is 2.56. The molecule has 1 heterocycles. The predicted octanol–water partition coefficient (Wildman–Crippen LogP) is 5.16. The summed E-state index contributed by atoms with van der Waals surface area (Å²) in [5.74, 6) is 0. The molecule has 0 bridgehead atoms. The zero-order valence-electron chi connectivity index (χ0n) is 13.5. The molecule has 1 aromatic heterocycles. The summed E-state index contributed by atoms with van der Waals surface area (Å²) in [5, 5.41) is 0. The molecule has 0 fully saturated rings. The Morgan fingerprint density at radius 2 is 1.41 bits per heavy atom. The van der Waals surface area contributed by atoms with Crippen LogP contribution in [-0.2, 0) is 0 Å². The molecule has 2 rings (SSSR count). The van der Waals surface area contributed by atoms with Crippen LogP contribution in [0.2, 0.25) is 0 Å². The topological polar surface area (TPSA) is 42.2 Å². The maximum atomic E-state index is 5.81. The van der Waals surface area contributed by atoms with Crippen molar-refractivity contribution >= 4 is 17.1 Å². The summed E-state index contributed by atoms with van der Waals surface area (Å²) in [4.78, 5) is 6.47. The van der Waals surface area contributed by atoms with E-state index in [0.717, 1.165) is 12.2 Å². The van der Waals surface area contributed by atoms with Gasteiger partial charge in [-0.2, -0.15) is 0 Å². The van der Waals surface area contributed by atoms with Gasteiger partial charge in [-0.25, -0.2) is 0 Å². The number of nitrogens with two attached hydrogens (primary N) is 1. The summed E-state index contributed by atoms with van der Waals surface area (Å²) in [6.45, 7) is 3.28. The van der Waals surface area contributed by atoms with Gasteiger partial charge in [-0.05, 0) is 42.8 Å². The van der Waals surface area contributed by atoms with E-state index in [2.05, 4.69) is 41.1 Å². The van der Waals surface area contributed by atoms with E-state index in [0.29, 0.717) is 0 Å². The molecule has 0 saturated carbocycles. The summed E-state index contributed by atoms with van der Waals surface area (Å²) in [6.07, 6.45) is 11.5. The molecule has 1 aromatic carbocycles. The Hall–Kier alpha value is -2.03. The van der Waals surface area contributed by atoms with E-state index in [1.807, 2.05) is 24.5 Å². The van der Waals surface area contributed by atoms with Crippen molar-refractivity contribution in [3.8, 4) is 0 Å². The molecular weight excluding hydrogens is 270 g/mol. The lowest BCUT2D eigenvalue weighted by molar-refractivity contribution is 0.609. The minimum Gasteiger partial charge on any atom is -0.399 e. The smallest absolute Gasteiger partial charge is 0.0441 e. The molecule has 0 amide bonds. The van der Waals surface area contributed by atoms with E-state index in [-0.39, 0.29) is 0 Å². The number of unbranched alkanes of at least 4 members (excludes halogenated alkanes) is 5. The maximum absolute atomic E-state index is 5.81. The van der Waals surface area contributed by atoms with Crippen molar-refractivity contribution in [2.24, 2.45) is 0 Å². The number of anilines is 3. The predicted molar refractivity (Wildman–Crippen MR) is 95.5 cm³/mol. The summed E-state index contributed by atoms with van der Waals surface area (Å²) < 4.78 is 0. The highest BCUT2D eigenvalue weighted by Gasteiger charge is 2.08. The second-order valence-corrected chi connectivity index (χ2v) is 5.72. The van der Waals surface area contributed by atoms with E-state index in [4.69, 9.17) is 5.73 Å². The Morgan fingerprint density at radius 1 is 0.818 bits per heavy atom. The van der Waals surface area contributed by atoms with Crippen molar-refractivity contribution in [2.75, 3.05) is 17.2 Å². The van der Waals surface area contributed by atoms with Crippen molar-refractivity contribution < 1.29 is 0 Å². The van der Waals surface area contributed by atoms with Crippen LogP contribution in [-0.4, -0.2) is 11.5 Å². The molecule has 3 heteroatoms. The molecule has 118 valence electrons. The van der Waals surface area contributed by atoms with Crippen molar-refractivity contribution in [2.45, 2.75) is 45.4 Å². The lowest BCUT2D eigenvalue weighted by atomic mass is 10.1. The van der Waals surface area contributed by atoms with Crippen LogP contribution in [0.15, 0.2) is 48.8 Å². The second-order valence-electron chi connectivity index (χ2n) is 5.72. The summed E-state index contributed by atoms with van der Waals surface area (Å²) in [7, 11) is 0. The fraction of sp³-hybridized carbons (Fsp3) is 0.421. The lowest BCUT2D eigenvalue weighted by Gasteiger charge is -2.25. The van der Waals surface area contributed by atoms with Gasteiger partial charge in [0.2, 0.25) is 0 Å². The van der Waals surface area contributed by atoms with Crippen LogP contribution >= 0.6 is 0 Å². The molecule has 0 saturated heterocycles. The van der Waals surface area contributed by atoms with Crippen molar-refractivity contribution in [1.29, 1.82) is 0 Å². The van der Waals surface area contributed by atoms with Gasteiger partial charge in [0.1, 0.15) is 0 Å². The number of aromatic nitrogens is 1. The first kappa shape index (κ1) is 16.3. The first-order valence-corrected chi connectivity index (χ1v) is 8.34. The van der Waals surface area contributed by atoms with Gasteiger partial charge in [0.25, 0.3) is 0 Å². The number of hydrogen-bond donors (Lipinski definition) is 1. The van der Waals surface area contributed by atoms with E-state index < -0.39 is 0 Å². The minimum absolute atomic E-state index is 0.804. The Kier molecular flexibility index (Phi) is 6.75. The summed E-state index contributed by atoms with van der Waals surface area (Å²) in [5.41, 5.74) is 8.99. The monoisotopic (exact) mass is 297 g/mol. The number of pyridine rings is 1. The molecule has 0 atom stereocenters. The maximum Gasteiger partial charge on any atom is 0.0441 e. The third-order valence-electron chi connectivity index (χ3n) is 3.91. The molecule has 0 radical (unpaired) electrons. The van der Waals surface area contributed by atoms with Gasteiger partial charge in [-0.3, -0.25) is 4.98 Å². The van der Waals surface area contributed by atoms with Crippen molar-refractivity contribution in [1.82, 2.24) is 4.98 Å². The molecule has 3 nitrogen and oxygen atoms in total. The van der Waals surface area contributed by atoms with Crippen LogP contribution < -0.4 is 10.6 Å². The number of hydrogen-bond acceptors (Lipinski definition) is 3. The van der Waals surface area contributed by atoms with Crippen molar-refractivity contribution in [3.05, 3.63) is 48.8 Å². The molecule has 0 spiro atoms. The normalized spacial score (nSPS) is 10.6. The zero-order chi connectivity index (χ0) is 15.6. The molecule has 22 heavy (non-hydrogen) atoms. The van der Waals surface area contributed by atoms with Crippen LogP contribution in [0.5, 0.6) is 0 Å². The Labute approximate surface area is 134 Å². The third kappa shape index (κ3) is 5.06. The van der Waals surface area contributed by atoms with Crippen LogP contribution in [0.1, 0.15) is 45.4 Å². The number of rotatable bonds is 9. The van der Waals surface area contributed by atoms with Crippen molar-refractivity contribution in [3.63, 3.8) is 0 Å². The minimum atomic E-state index is 0.804. The third-order valence-corrected chi connectivity index (χ3v) is 3.91. The van der Waals surface area contributed by atoms with Gasteiger partial charge in [0.05, 0.1) is 0 Å². The molecule has 0 unspecified atom stereocenters. The Balaban J connectivity index is 1.98. The summed E-state index contributed by atoms with van der Waals surface area (Å²) >= 11 is 0. The molecule has 0 aliphatic carbocycles. The molecule has 2 aromatic rings. The van der Waals surface area contributed by atoms with Crippen LogP contribution in [0.4, 0.5) is 17.1 Å². The SMILES string of the molecule is CCCCCCCCN(c1ccncc1)c1ccc(N)cc1. The highest BCUT2D eigenvalue weighted by Crippen LogP contribution is 2.26. The van der Waals surface area contributed by atoms with E-state index in [1.54, 1.807) is 0 Å². The summed E-state index contributed by atoms with van der Waals surface area (Å²) in [6, 6.07) is 12.2. The second kappa shape index (κ2) is 9.08. The van der Waals surface area contributed by atoms with E-state index in [1.165, 1.54) is 49.9 Å². The average molecular weight is 297 g/mol. The quantitative estimate of drug-likeness (QED) is 0.513. The van der Waals surface area contributed by atoms with E-state index in [9.17, 15) is 0 Å². The zero-order valence-corrected chi connectivity index (χ0v) is 13.5. The molecule has 0 aliphatic rings. The fourth-order valence-corrected chi connectivity index (χ4v) is 2.64. The van der Waals surface area contributed by atoms with E-state index >= 15 is 0 Å². The van der Waals surface area contributed by atoms with Gasteiger partial charge in [0.15, 0.2) is 0 Å². The molecule has 0 aliphatic heterocycles. The Morgan fingerprint density at radius 3 is 2.09 bits per heavy atom. The molecular formula is C19H27N3. The number of nitrogen functional groups attached to an aromatic ring is 1. The van der Waals surface area contributed by atoms with Crippen LogP contribution in [0.25, 0.3) is 0 Å². The fourth-order valence-electron chi connectivity index (χ4n) is 2.64. The first-order valence-electron chi connectivity index (χ1n) is 8.34. The first-order chi connectivity index (χ1) is 10.8. The van der Waals surface area contributed by atoms with Gasteiger partial charge in [-0.15, -0.1) is 0 Å². The largest absolute Gasteiger partial charge is 0.399 e.